The first-order valence-electron chi connectivity index (χ1n) is 6.32. The molecule has 1 aromatic carbocycles. The van der Waals surface area contributed by atoms with Crippen molar-refractivity contribution in [2.45, 2.75) is 6.04 Å². The standard InChI is InChI=1S/C13H19NO4S2/c1-14-11(8-19-5-6-20(2,15)16)10-3-4-12-13(7-10)18-9-17-12/h3-4,7,11,14H,5-6,8-9H2,1-2H3. The molecule has 0 amide bonds. The number of ether oxygens (including phenoxy) is 2. The molecule has 0 bridgehead atoms. The zero-order chi connectivity index (χ0) is 14.6. The minimum Gasteiger partial charge on any atom is -0.454 e. The van der Waals surface area contributed by atoms with E-state index in [1.165, 1.54) is 6.26 Å². The minimum absolute atomic E-state index is 0.161. The fraction of sp³-hybridized carbons (Fsp3) is 0.538. The summed E-state index contributed by atoms with van der Waals surface area (Å²) in [4.78, 5) is 0. The summed E-state index contributed by atoms with van der Waals surface area (Å²) in [5.74, 6) is 3.18. The Morgan fingerprint density at radius 3 is 2.80 bits per heavy atom. The van der Waals surface area contributed by atoms with Crippen LogP contribution in [0.2, 0.25) is 0 Å². The zero-order valence-electron chi connectivity index (χ0n) is 11.6. The summed E-state index contributed by atoms with van der Waals surface area (Å²) >= 11 is 1.63. The highest BCUT2D eigenvalue weighted by Crippen LogP contribution is 2.34. The third-order valence-corrected chi connectivity index (χ3v) is 5.30. The van der Waals surface area contributed by atoms with Crippen LogP contribution in [0.5, 0.6) is 11.5 Å². The molecule has 0 aliphatic carbocycles. The van der Waals surface area contributed by atoms with Crippen LogP contribution in [0, 0.1) is 0 Å². The van der Waals surface area contributed by atoms with Gasteiger partial charge in [0.2, 0.25) is 6.79 Å². The molecule has 0 fully saturated rings. The van der Waals surface area contributed by atoms with Crippen LogP contribution in [0.25, 0.3) is 0 Å². The maximum atomic E-state index is 11.1. The Labute approximate surface area is 124 Å². The number of benzene rings is 1. The second-order valence-electron chi connectivity index (χ2n) is 4.66. The van der Waals surface area contributed by atoms with Gasteiger partial charge in [-0.1, -0.05) is 6.07 Å². The van der Waals surface area contributed by atoms with E-state index in [1.54, 1.807) is 11.8 Å². The summed E-state index contributed by atoms with van der Waals surface area (Å²) in [6.45, 7) is 0.270. The lowest BCUT2D eigenvalue weighted by Crippen LogP contribution is -2.19. The molecule has 1 aromatic rings. The molecule has 1 aliphatic rings. The van der Waals surface area contributed by atoms with E-state index in [9.17, 15) is 8.42 Å². The van der Waals surface area contributed by atoms with E-state index < -0.39 is 9.84 Å². The van der Waals surface area contributed by atoms with Crippen molar-refractivity contribution in [2.75, 3.05) is 37.4 Å². The van der Waals surface area contributed by atoms with Crippen molar-refractivity contribution in [3.63, 3.8) is 0 Å². The van der Waals surface area contributed by atoms with Crippen LogP contribution in [0.3, 0.4) is 0 Å². The highest BCUT2D eigenvalue weighted by Gasteiger charge is 2.17. The number of nitrogens with one attached hydrogen (secondary N) is 1. The van der Waals surface area contributed by atoms with Crippen LogP contribution in [-0.2, 0) is 9.84 Å². The monoisotopic (exact) mass is 317 g/mol. The molecule has 1 unspecified atom stereocenters. The number of thioether (sulfide) groups is 1. The Morgan fingerprint density at radius 1 is 1.35 bits per heavy atom. The van der Waals surface area contributed by atoms with Crippen LogP contribution in [0.15, 0.2) is 18.2 Å². The van der Waals surface area contributed by atoms with Crippen LogP contribution >= 0.6 is 11.8 Å². The Bertz CT molecular complexity index is 559. The van der Waals surface area contributed by atoms with Gasteiger partial charge in [0.1, 0.15) is 9.84 Å². The van der Waals surface area contributed by atoms with Gasteiger partial charge in [0.05, 0.1) is 5.75 Å². The van der Waals surface area contributed by atoms with E-state index in [-0.39, 0.29) is 18.6 Å². The quantitative estimate of drug-likeness (QED) is 0.768. The van der Waals surface area contributed by atoms with Crippen LogP contribution in [0.4, 0.5) is 0 Å². The molecule has 1 atom stereocenters. The Morgan fingerprint density at radius 2 is 2.10 bits per heavy atom. The summed E-state index contributed by atoms with van der Waals surface area (Å²) in [5.41, 5.74) is 1.11. The highest BCUT2D eigenvalue weighted by atomic mass is 32.2. The maximum absolute atomic E-state index is 11.1. The summed E-state index contributed by atoms with van der Waals surface area (Å²) in [7, 11) is -0.984. The van der Waals surface area contributed by atoms with Crippen molar-refractivity contribution in [1.29, 1.82) is 0 Å². The molecule has 0 saturated carbocycles. The van der Waals surface area contributed by atoms with Gasteiger partial charge in [-0.15, -0.1) is 0 Å². The van der Waals surface area contributed by atoms with Crippen LogP contribution in [-0.4, -0.2) is 45.8 Å². The lowest BCUT2D eigenvalue weighted by atomic mass is 10.1. The van der Waals surface area contributed by atoms with E-state index >= 15 is 0 Å². The summed E-state index contributed by atoms with van der Waals surface area (Å²) < 4.78 is 32.8. The molecular formula is C13H19NO4S2. The van der Waals surface area contributed by atoms with Crippen molar-refractivity contribution in [2.24, 2.45) is 0 Å². The summed E-state index contributed by atoms with van der Waals surface area (Å²) in [6.07, 6.45) is 1.26. The van der Waals surface area contributed by atoms with Gasteiger partial charge in [0.25, 0.3) is 0 Å². The van der Waals surface area contributed by atoms with Gasteiger partial charge in [-0.2, -0.15) is 11.8 Å². The van der Waals surface area contributed by atoms with E-state index in [4.69, 9.17) is 9.47 Å². The van der Waals surface area contributed by atoms with E-state index in [0.29, 0.717) is 5.75 Å². The van der Waals surface area contributed by atoms with E-state index in [1.807, 2.05) is 25.2 Å². The molecule has 7 heteroatoms. The van der Waals surface area contributed by atoms with Gasteiger partial charge in [-0.25, -0.2) is 8.42 Å². The third kappa shape index (κ3) is 4.29. The molecule has 20 heavy (non-hydrogen) atoms. The van der Waals surface area contributed by atoms with Crippen LogP contribution < -0.4 is 14.8 Å². The topological polar surface area (TPSA) is 64.6 Å². The number of hydrogen-bond acceptors (Lipinski definition) is 6. The van der Waals surface area contributed by atoms with Gasteiger partial charge < -0.3 is 14.8 Å². The van der Waals surface area contributed by atoms with Crippen molar-refractivity contribution in [3.05, 3.63) is 23.8 Å². The lowest BCUT2D eigenvalue weighted by molar-refractivity contribution is 0.174. The largest absolute Gasteiger partial charge is 0.454 e. The second kappa shape index (κ2) is 6.69. The predicted octanol–water partition coefficient (Wildman–Crippen LogP) is 1.45. The first-order valence-corrected chi connectivity index (χ1v) is 9.53. The van der Waals surface area contributed by atoms with Gasteiger partial charge in [-0.05, 0) is 24.7 Å². The first-order chi connectivity index (χ1) is 9.49. The summed E-state index contributed by atoms with van der Waals surface area (Å²) in [6, 6.07) is 6.05. The smallest absolute Gasteiger partial charge is 0.231 e. The van der Waals surface area contributed by atoms with Gasteiger partial charge in [0, 0.05) is 23.8 Å². The average Bonchev–Trinajstić information content (AvgIpc) is 2.84. The molecular weight excluding hydrogens is 298 g/mol. The Kier molecular flexibility index (Phi) is 5.17. The fourth-order valence-corrected chi connectivity index (χ4v) is 4.33. The summed E-state index contributed by atoms with van der Waals surface area (Å²) in [5, 5.41) is 3.24. The lowest BCUT2D eigenvalue weighted by Gasteiger charge is -2.16. The Balaban J connectivity index is 1.91. The van der Waals surface area contributed by atoms with E-state index in [2.05, 4.69) is 5.32 Å². The number of fused-ring (bicyclic) bond motifs is 1. The van der Waals surface area contributed by atoms with Gasteiger partial charge in [0.15, 0.2) is 11.5 Å². The third-order valence-electron chi connectivity index (χ3n) is 3.03. The zero-order valence-corrected chi connectivity index (χ0v) is 13.2. The number of rotatable bonds is 7. The van der Waals surface area contributed by atoms with Crippen molar-refractivity contribution in [3.8, 4) is 11.5 Å². The highest BCUT2D eigenvalue weighted by molar-refractivity contribution is 8.00. The fourth-order valence-electron chi connectivity index (χ4n) is 1.89. The maximum Gasteiger partial charge on any atom is 0.231 e. The molecule has 0 saturated heterocycles. The molecule has 1 heterocycles. The van der Waals surface area contributed by atoms with E-state index in [0.717, 1.165) is 22.8 Å². The molecule has 2 rings (SSSR count). The first kappa shape index (κ1) is 15.5. The predicted molar refractivity (Wildman–Crippen MR) is 81.4 cm³/mol. The molecule has 5 nitrogen and oxygen atoms in total. The molecule has 0 aromatic heterocycles. The van der Waals surface area contributed by atoms with Crippen molar-refractivity contribution < 1.29 is 17.9 Å². The average molecular weight is 317 g/mol. The van der Waals surface area contributed by atoms with Gasteiger partial charge >= 0.3 is 0 Å². The van der Waals surface area contributed by atoms with Gasteiger partial charge in [-0.3, -0.25) is 0 Å². The molecule has 0 spiro atoms. The van der Waals surface area contributed by atoms with Crippen molar-refractivity contribution >= 4 is 21.6 Å². The Hall–Kier alpha value is -0.920. The molecule has 0 radical (unpaired) electrons. The SMILES string of the molecule is CNC(CSCCS(C)(=O)=O)c1ccc2c(c1)OCO2. The van der Waals surface area contributed by atoms with Crippen molar-refractivity contribution in [1.82, 2.24) is 5.32 Å². The molecule has 1 aliphatic heterocycles. The normalized spacial score (nSPS) is 15.3. The van der Waals surface area contributed by atoms with Crippen LogP contribution in [0.1, 0.15) is 11.6 Å². The minimum atomic E-state index is -2.88. The second-order valence-corrected chi connectivity index (χ2v) is 8.07. The number of hydrogen-bond donors (Lipinski definition) is 1. The molecule has 1 N–H and O–H groups in total. The molecule has 112 valence electrons. The number of sulfone groups is 1.